The van der Waals surface area contributed by atoms with Gasteiger partial charge in [0.15, 0.2) is 0 Å². The zero-order valence-corrected chi connectivity index (χ0v) is 17.0. The van der Waals surface area contributed by atoms with Gasteiger partial charge in [-0.15, -0.1) is 0 Å². The quantitative estimate of drug-likeness (QED) is 0.538. The molecule has 0 atom stereocenters. The fraction of sp³-hybridized carbons (Fsp3) is 0.391. The molecule has 2 aromatic carbocycles. The lowest BCUT2D eigenvalue weighted by molar-refractivity contribution is 0.268. The molecule has 3 rings (SSSR count). The molecule has 148 valence electrons. The van der Waals surface area contributed by atoms with Gasteiger partial charge in [-0.05, 0) is 58.5 Å². The zero-order valence-electron chi connectivity index (χ0n) is 17.0. The van der Waals surface area contributed by atoms with Crippen LogP contribution in [0.3, 0.4) is 0 Å². The third-order valence-corrected chi connectivity index (χ3v) is 5.23. The van der Waals surface area contributed by atoms with Crippen molar-refractivity contribution in [1.82, 2.24) is 15.1 Å². The highest BCUT2D eigenvalue weighted by Crippen LogP contribution is 2.26. The molecule has 3 aromatic rings. The number of nitrogens with one attached hydrogen (secondary N) is 2. The SMILES string of the molecule is CC(C)N(C)CCCCCNc1cccc(-c2n[nH]c(=O)c3ccccc23)c1. The second kappa shape index (κ2) is 9.51. The van der Waals surface area contributed by atoms with E-state index in [1.165, 1.54) is 12.8 Å². The van der Waals surface area contributed by atoms with Gasteiger partial charge in [0.2, 0.25) is 0 Å². The Balaban J connectivity index is 1.61. The van der Waals surface area contributed by atoms with Gasteiger partial charge in [-0.1, -0.05) is 36.8 Å². The standard InChI is InChI=1S/C23H30N4O/c1-17(2)27(3)15-8-4-7-14-24-19-11-9-10-18(16-19)22-20-12-5-6-13-21(20)23(28)26-25-22/h5-6,9-13,16-17,24H,4,7-8,14-15H2,1-3H3,(H,26,28). The number of H-pyrrole nitrogens is 1. The van der Waals surface area contributed by atoms with Crippen molar-refractivity contribution in [3.63, 3.8) is 0 Å². The second-order valence-corrected chi connectivity index (χ2v) is 7.59. The molecule has 0 aliphatic carbocycles. The second-order valence-electron chi connectivity index (χ2n) is 7.59. The first-order valence-corrected chi connectivity index (χ1v) is 10.1. The highest BCUT2D eigenvalue weighted by Gasteiger charge is 2.08. The van der Waals surface area contributed by atoms with Gasteiger partial charge < -0.3 is 10.2 Å². The van der Waals surface area contributed by atoms with Crippen LogP contribution in [0.25, 0.3) is 22.0 Å². The van der Waals surface area contributed by atoms with E-state index in [0.717, 1.165) is 41.8 Å². The number of aromatic amines is 1. The topological polar surface area (TPSA) is 61.0 Å². The van der Waals surface area contributed by atoms with Gasteiger partial charge in [0, 0.05) is 29.2 Å². The van der Waals surface area contributed by atoms with Crippen molar-refractivity contribution in [3.05, 3.63) is 58.9 Å². The molecule has 0 radical (unpaired) electrons. The first-order chi connectivity index (χ1) is 13.6. The molecular formula is C23H30N4O. The molecule has 0 aliphatic rings. The number of fused-ring (bicyclic) bond motifs is 1. The summed E-state index contributed by atoms with van der Waals surface area (Å²) in [5.74, 6) is 0. The Hall–Kier alpha value is -2.66. The molecule has 0 unspecified atom stereocenters. The molecule has 0 bridgehead atoms. The molecule has 2 N–H and O–H groups in total. The summed E-state index contributed by atoms with van der Waals surface area (Å²) in [4.78, 5) is 14.4. The Bertz CT molecular complexity index is 964. The largest absolute Gasteiger partial charge is 0.385 e. The lowest BCUT2D eigenvalue weighted by Crippen LogP contribution is -2.27. The van der Waals surface area contributed by atoms with Crippen LogP contribution in [0, 0.1) is 0 Å². The summed E-state index contributed by atoms with van der Waals surface area (Å²) in [6.07, 6.45) is 3.59. The van der Waals surface area contributed by atoms with Crippen molar-refractivity contribution >= 4 is 16.5 Å². The van der Waals surface area contributed by atoms with Crippen LogP contribution >= 0.6 is 0 Å². The number of hydrogen-bond donors (Lipinski definition) is 2. The van der Waals surface area contributed by atoms with Crippen LogP contribution < -0.4 is 10.9 Å². The predicted molar refractivity (Wildman–Crippen MR) is 118 cm³/mol. The molecular weight excluding hydrogens is 348 g/mol. The number of anilines is 1. The first-order valence-electron chi connectivity index (χ1n) is 10.1. The number of aromatic nitrogens is 2. The molecule has 0 aliphatic heterocycles. The summed E-state index contributed by atoms with van der Waals surface area (Å²) in [5, 5.41) is 12.0. The fourth-order valence-corrected chi connectivity index (χ4v) is 3.27. The summed E-state index contributed by atoms with van der Waals surface area (Å²) < 4.78 is 0. The van der Waals surface area contributed by atoms with E-state index in [1.807, 2.05) is 36.4 Å². The number of hydrogen-bond acceptors (Lipinski definition) is 4. The summed E-state index contributed by atoms with van der Waals surface area (Å²) in [6, 6.07) is 16.4. The molecule has 28 heavy (non-hydrogen) atoms. The van der Waals surface area contributed by atoms with Crippen molar-refractivity contribution in [2.45, 2.75) is 39.2 Å². The maximum absolute atomic E-state index is 12.0. The van der Waals surface area contributed by atoms with Gasteiger partial charge in [-0.25, -0.2) is 5.10 Å². The lowest BCUT2D eigenvalue weighted by atomic mass is 10.0. The average Bonchev–Trinajstić information content (AvgIpc) is 2.71. The van der Waals surface area contributed by atoms with E-state index in [2.05, 4.69) is 53.4 Å². The summed E-state index contributed by atoms with van der Waals surface area (Å²) in [5.41, 5.74) is 2.72. The monoisotopic (exact) mass is 378 g/mol. The third kappa shape index (κ3) is 4.98. The van der Waals surface area contributed by atoms with E-state index in [9.17, 15) is 4.79 Å². The average molecular weight is 379 g/mol. The number of rotatable bonds is 9. The summed E-state index contributed by atoms with van der Waals surface area (Å²) in [6.45, 7) is 6.57. The molecule has 0 saturated heterocycles. The Kier molecular flexibility index (Phi) is 6.82. The smallest absolute Gasteiger partial charge is 0.272 e. The highest BCUT2D eigenvalue weighted by atomic mass is 16.1. The van der Waals surface area contributed by atoms with Gasteiger partial charge in [-0.3, -0.25) is 4.79 Å². The summed E-state index contributed by atoms with van der Waals surface area (Å²) in [7, 11) is 2.18. The first kappa shape index (κ1) is 20.1. The molecule has 0 saturated carbocycles. The Morgan fingerprint density at radius 2 is 1.82 bits per heavy atom. The van der Waals surface area contributed by atoms with Gasteiger partial charge >= 0.3 is 0 Å². The minimum atomic E-state index is -0.156. The molecule has 1 aromatic heterocycles. The van der Waals surface area contributed by atoms with E-state index in [-0.39, 0.29) is 5.56 Å². The Morgan fingerprint density at radius 3 is 2.61 bits per heavy atom. The third-order valence-electron chi connectivity index (χ3n) is 5.23. The number of nitrogens with zero attached hydrogens (tertiary/aromatic N) is 2. The molecule has 0 spiro atoms. The van der Waals surface area contributed by atoms with Crippen LogP contribution in [0.2, 0.25) is 0 Å². The molecule has 5 heteroatoms. The van der Waals surface area contributed by atoms with Crippen LogP contribution in [-0.2, 0) is 0 Å². The lowest BCUT2D eigenvalue weighted by Gasteiger charge is -2.20. The Labute approximate surface area is 166 Å². The van der Waals surface area contributed by atoms with Crippen LogP contribution in [0.5, 0.6) is 0 Å². The van der Waals surface area contributed by atoms with E-state index < -0.39 is 0 Å². The van der Waals surface area contributed by atoms with Crippen molar-refractivity contribution in [2.24, 2.45) is 0 Å². The summed E-state index contributed by atoms with van der Waals surface area (Å²) >= 11 is 0. The fourth-order valence-electron chi connectivity index (χ4n) is 3.27. The highest BCUT2D eigenvalue weighted by molar-refractivity contribution is 5.94. The van der Waals surface area contributed by atoms with Crippen molar-refractivity contribution in [2.75, 3.05) is 25.5 Å². The molecule has 0 fully saturated rings. The van der Waals surface area contributed by atoms with E-state index >= 15 is 0 Å². The van der Waals surface area contributed by atoms with Crippen LogP contribution in [0.1, 0.15) is 33.1 Å². The molecule has 1 heterocycles. The zero-order chi connectivity index (χ0) is 19.9. The predicted octanol–water partition coefficient (Wildman–Crippen LogP) is 4.51. The van der Waals surface area contributed by atoms with Crippen molar-refractivity contribution in [1.29, 1.82) is 0 Å². The van der Waals surface area contributed by atoms with E-state index in [1.54, 1.807) is 0 Å². The van der Waals surface area contributed by atoms with Gasteiger partial charge in [0.25, 0.3) is 5.56 Å². The minimum absolute atomic E-state index is 0.156. The van der Waals surface area contributed by atoms with Gasteiger partial charge in [0.05, 0.1) is 11.1 Å². The number of benzene rings is 2. The molecule has 5 nitrogen and oxygen atoms in total. The van der Waals surface area contributed by atoms with Crippen LogP contribution in [0.15, 0.2) is 53.3 Å². The molecule has 0 amide bonds. The van der Waals surface area contributed by atoms with Crippen molar-refractivity contribution in [3.8, 4) is 11.3 Å². The van der Waals surface area contributed by atoms with Crippen LogP contribution in [-0.4, -0.2) is 41.3 Å². The minimum Gasteiger partial charge on any atom is -0.385 e. The van der Waals surface area contributed by atoms with Crippen molar-refractivity contribution < 1.29 is 0 Å². The Morgan fingerprint density at radius 1 is 1.04 bits per heavy atom. The van der Waals surface area contributed by atoms with Gasteiger partial charge in [0.1, 0.15) is 0 Å². The normalized spacial score (nSPS) is 11.5. The van der Waals surface area contributed by atoms with Crippen LogP contribution in [0.4, 0.5) is 5.69 Å². The maximum Gasteiger partial charge on any atom is 0.272 e. The maximum atomic E-state index is 12.0. The van der Waals surface area contributed by atoms with E-state index in [0.29, 0.717) is 11.4 Å². The van der Waals surface area contributed by atoms with Gasteiger partial charge in [-0.2, -0.15) is 5.10 Å². The number of unbranched alkanes of at least 4 members (excludes halogenated alkanes) is 2. The van der Waals surface area contributed by atoms with E-state index in [4.69, 9.17) is 0 Å².